The Morgan fingerprint density at radius 2 is 1.82 bits per heavy atom. The van der Waals surface area contributed by atoms with Crippen LogP contribution in [0.25, 0.3) is 0 Å². The topological polar surface area (TPSA) is 76.7 Å². The molecule has 1 atom stereocenters. The molecule has 1 aliphatic rings. The molecule has 0 saturated carbocycles. The SMILES string of the molecule is CC1CN(c2ccc(CNC(=O)N(S)c3ccc(NC(=O)c4ccccc4F)cc3)cc2C(F)(F)F)CCN1. The molecule has 0 radical (unpaired) electrons. The maximum atomic E-state index is 13.9. The van der Waals surface area contributed by atoms with Crippen LogP contribution in [0.3, 0.4) is 0 Å². The second kappa shape index (κ2) is 12.0. The van der Waals surface area contributed by atoms with Gasteiger partial charge < -0.3 is 20.9 Å². The monoisotopic (exact) mass is 561 g/mol. The van der Waals surface area contributed by atoms with Crippen LogP contribution in [0, 0.1) is 5.82 Å². The minimum atomic E-state index is -4.55. The number of rotatable bonds is 6. The lowest BCUT2D eigenvalue weighted by molar-refractivity contribution is -0.137. The van der Waals surface area contributed by atoms with E-state index in [9.17, 15) is 27.2 Å². The van der Waals surface area contributed by atoms with Crippen LogP contribution in [0.1, 0.15) is 28.4 Å². The zero-order chi connectivity index (χ0) is 28.2. The number of halogens is 4. The van der Waals surface area contributed by atoms with Crippen molar-refractivity contribution in [2.24, 2.45) is 0 Å². The van der Waals surface area contributed by atoms with Gasteiger partial charge in [0.25, 0.3) is 5.91 Å². The summed E-state index contributed by atoms with van der Waals surface area (Å²) in [6, 6.07) is 15.1. The van der Waals surface area contributed by atoms with Crippen LogP contribution >= 0.6 is 12.8 Å². The van der Waals surface area contributed by atoms with Crippen LogP contribution in [-0.2, 0) is 12.7 Å². The quantitative estimate of drug-likeness (QED) is 0.238. The lowest BCUT2D eigenvalue weighted by Crippen LogP contribution is -2.49. The summed E-state index contributed by atoms with van der Waals surface area (Å²) in [7, 11) is 0. The zero-order valence-electron chi connectivity index (χ0n) is 20.9. The highest BCUT2D eigenvalue weighted by Crippen LogP contribution is 2.37. The standard InChI is InChI=1S/C27H27F4N5O2S/c1-17-16-35(13-12-32-17)24-11-6-18(14-22(24)27(29,30)31)15-33-26(38)36(39)20-9-7-19(8-10-20)34-25(37)21-4-2-3-5-23(21)28/h2-11,14,17,32,39H,12-13,15-16H2,1H3,(H,33,38)(H,34,37). The first-order valence-electron chi connectivity index (χ1n) is 12.1. The number of nitrogens with zero attached hydrogens (tertiary/aromatic N) is 2. The van der Waals surface area contributed by atoms with Gasteiger partial charge in [0, 0.05) is 43.6 Å². The molecule has 206 valence electrons. The number of piperazine rings is 1. The van der Waals surface area contributed by atoms with Gasteiger partial charge in [0.1, 0.15) is 5.82 Å². The molecular weight excluding hydrogens is 534 g/mol. The molecule has 1 aliphatic heterocycles. The van der Waals surface area contributed by atoms with E-state index in [0.717, 1.165) is 10.4 Å². The van der Waals surface area contributed by atoms with Crippen molar-refractivity contribution in [3.63, 3.8) is 0 Å². The molecule has 1 unspecified atom stereocenters. The minimum Gasteiger partial charge on any atom is -0.368 e. The van der Waals surface area contributed by atoms with Gasteiger partial charge in [-0.3, -0.25) is 4.79 Å². The van der Waals surface area contributed by atoms with Gasteiger partial charge in [0.2, 0.25) is 0 Å². The Morgan fingerprint density at radius 3 is 2.49 bits per heavy atom. The summed E-state index contributed by atoms with van der Waals surface area (Å²) in [6.07, 6.45) is -4.55. The second-order valence-corrected chi connectivity index (χ2v) is 9.50. The van der Waals surface area contributed by atoms with E-state index < -0.39 is 29.5 Å². The van der Waals surface area contributed by atoms with E-state index in [4.69, 9.17) is 0 Å². The number of alkyl halides is 3. The third kappa shape index (κ3) is 7.01. The van der Waals surface area contributed by atoms with Crippen molar-refractivity contribution in [1.82, 2.24) is 10.6 Å². The Kier molecular flexibility index (Phi) is 8.66. The number of amides is 3. The van der Waals surface area contributed by atoms with Gasteiger partial charge in [0.05, 0.1) is 16.8 Å². The van der Waals surface area contributed by atoms with Crippen LogP contribution in [0.15, 0.2) is 66.7 Å². The molecule has 0 aliphatic carbocycles. The molecule has 7 nitrogen and oxygen atoms in total. The molecule has 1 heterocycles. The number of hydrogen-bond acceptors (Lipinski definition) is 5. The van der Waals surface area contributed by atoms with E-state index in [1.54, 1.807) is 17.0 Å². The van der Waals surface area contributed by atoms with Gasteiger partial charge in [-0.1, -0.05) is 31.0 Å². The summed E-state index contributed by atoms with van der Waals surface area (Å²) in [5.41, 5.74) is 0.256. The first kappa shape index (κ1) is 28.2. The molecule has 0 aromatic heterocycles. The third-order valence-corrected chi connectivity index (χ3v) is 6.61. The molecule has 0 spiro atoms. The van der Waals surface area contributed by atoms with Crippen LogP contribution in [0.4, 0.5) is 39.4 Å². The van der Waals surface area contributed by atoms with Crippen molar-refractivity contribution in [3.05, 3.63) is 89.2 Å². The smallest absolute Gasteiger partial charge is 0.368 e. The van der Waals surface area contributed by atoms with Gasteiger partial charge in [-0.15, -0.1) is 0 Å². The molecule has 1 fully saturated rings. The molecule has 39 heavy (non-hydrogen) atoms. The molecule has 3 amide bonds. The maximum absolute atomic E-state index is 13.9. The van der Waals surface area contributed by atoms with E-state index in [1.807, 2.05) is 6.92 Å². The second-order valence-electron chi connectivity index (χ2n) is 9.10. The van der Waals surface area contributed by atoms with E-state index in [2.05, 4.69) is 28.8 Å². The molecule has 4 rings (SSSR count). The van der Waals surface area contributed by atoms with Gasteiger partial charge >= 0.3 is 12.2 Å². The van der Waals surface area contributed by atoms with Crippen molar-refractivity contribution in [2.45, 2.75) is 25.7 Å². The molecule has 0 bridgehead atoms. The van der Waals surface area contributed by atoms with Gasteiger partial charge in [-0.25, -0.2) is 13.5 Å². The summed E-state index contributed by atoms with van der Waals surface area (Å²) in [4.78, 5) is 26.6. The number of thiol groups is 1. The van der Waals surface area contributed by atoms with Crippen LogP contribution in [-0.4, -0.2) is 37.6 Å². The van der Waals surface area contributed by atoms with E-state index in [1.165, 1.54) is 48.5 Å². The number of anilines is 3. The lowest BCUT2D eigenvalue weighted by atomic mass is 10.1. The fourth-order valence-corrected chi connectivity index (χ4v) is 4.45. The zero-order valence-corrected chi connectivity index (χ0v) is 21.8. The number of benzene rings is 3. The summed E-state index contributed by atoms with van der Waals surface area (Å²) < 4.78 is 56.4. The predicted octanol–water partition coefficient (Wildman–Crippen LogP) is 5.46. The predicted molar refractivity (Wildman–Crippen MR) is 146 cm³/mol. The van der Waals surface area contributed by atoms with Crippen molar-refractivity contribution in [3.8, 4) is 0 Å². The average molecular weight is 562 g/mol. The van der Waals surface area contributed by atoms with Crippen molar-refractivity contribution >= 4 is 41.8 Å². The molecule has 3 aromatic rings. The summed E-state index contributed by atoms with van der Waals surface area (Å²) >= 11 is 4.19. The fourth-order valence-electron chi connectivity index (χ4n) is 4.25. The summed E-state index contributed by atoms with van der Waals surface area (Å²) in [5.74, 6) is -1.28. The van der Waals surface area contributed by atoms with Crippen molar-refractivity contribution < 1.29 is 27.2 Å². The highest BCUT2D eigenvalue weighted by atomic mass is 32.1. The van der Waals surface area contributed by atoms with Crippen molar-refractivity contribution in [2.75, 3.05) is 34.2 Å². The van der Waals surface area contributed by atoms with Crippen LogP contribution in [0.5, 0.6) is 0 Å². The fraction of sp³-hybridized carbons (Fsp3) is 0.259. The summed E-state index contributed by atoms with van der Waals surface area (Å²) in [5, 5.41) is 8.35. The molecule has 3 aromatic carbocycles. The van der Waals surface area contributed by atoms with Gasteiger partial charge in [0.15, 0.2) is 0 Å². The number of urea groups is 1. The Labute approximate surface area is 228 Å². The van der Waals surface area contributed by atoms with E-state index in [-0.39, 0.29) is 29.4 Å². The minimum absolute atomic E-state index is 0.0670. The Balaban J connectivity index is 1.38. The Hall–Kier alpha value is -3.77. The Bertz CT molecular complexity index is 1340. The number of carbonyl (C=O) groups excluding carboxylic acids is 2. The maximum Gasteiger partial charge on any atom is 0.418 e. The van der Waals surface area contributed by atoms with Crippen molar-refractivity contribution in [1.29, 1.82) is 0 Å². The Morgan fingerprint density at radius 1 is 1.10 bits per heavy atom. The lowest BCUT2D eigenvalue weighted by Gasteiger charge is -2.35. The third-order valence-electron chi connectivity index (χ3n) is 6.20. The largest absolute Gasteiger partial charge is 0.418 e. The molecule has 1 saturated heterocycles. The molecule has 3 N–H and O–H groups in total. The van der Waals surface area contributed by atoms with E-state index >= 15 is 0 Å². The van der Waals surface area contributed by atoms with Gasteiger partial charge in [-0.2, -0.15) is 13.2 Å². The highest BCUT2D eigenvalue weighted by Gasteiger charge is 2.36. The summed E-state index contributed by atoms with van der Waals surface area (Å²) in [6.45, 7) is 3.28. The normalized spacial score (nSPS) is 15.5. The number of nitrogens with one attached hydrogen (secondary N) is 3. The average Bonchev–Trinajstić information content (AvgIpc) is 2.91. The van der Waals surface area contributed by atoms with Crippen LogP contribution in [0.2, 0.25) is 0 Å². The van der Waals surface area contributed by atoms with Gasteiger partial charge in [-0.05, 0) is 61.0 Å². The first-order chi connectivity index (χ1) is 18.5. The van der Waals surface area contributed by atoms with E-state index in [0.29, 0.717) is 31.0 Å². The number of carbonyl (C=O) groups is 2. The molecule has 12 heteroatoms. The highest BCUT2D eigenvalue weighted by molar-refractivity contribution is 7.82. The molecular formula is C27H27F4N5O2S. The number of hydrogen-bond donors (Lipinski definition) is 4. The first-order valence-corrected chi connectivity index (χ1v) is 12.5. The van der Waals surface area contributed by atoms with Crippen LogP contribution < -0.4 is 25.2 Å².